The molecule has 1 unspecified atom stereocenters. The summed E-state index contributed by atoms with van der Waals surface area (Å²) in [6.45, 7) is 9.69. The van der Waals surface area contributed by atoms with Crippen molar-refractivity contribution in [2.75, 3.05) is 33.2 Å². The van der Waals surface area contributed by atoms with E-state index in [2.05, 4.69) is 10.3 Å². The van der Waals surface area contributed by atoms with Crippen molar-refractivity contribution in [3.63, 3.8) is 0 Å². The number of nitrogens with zero attached hydrogens (tertiary/aromatic N) is 3. The smallest absolute Gasteiger partial charge is 0.410 e. The van der Waals surface area contributed by atoms with E-state index in [-0.39, 0.29) is 6.09 Å². The van der Waals surface area contributed by atoms with Crippen LogP contribution in [0.5, 0.6) is 0 Å². The zero-order valence-corrected chi connectivity index (χ0v) is 13.0. The first-order valence-electron chi connectivity index (χ1n) is 6.87. The molecule has 1 saturated heterocycles. The number of guanidine groups is 1. The third-order valence-electron chi connectivity index (χ3n) is 2.78. The highest BCUT2D eigenvalue weighted by Crippen LogP contribution is 2.11. The SMILES string of the molecule is CN=C(NC(C)O)N1CCN(C(=O)OC(C)(C)C)CC1. The molecule has 0 bridgehead atoms. The number of aliphatic hydroxyl groups excluding tert-OH is 1. The molecule has 1 atom stereocenters. The van der Waals surface area contributed by atoms with Crippen LogP contribution in [-0.2, 0) is 4.74 Å². The molecule has 1 rings (SSSR count). The van der Waals surface area contributed by atoms with Gasteiger partial charge >= 0.3 is 6.09 Å². The number of aliphatic hydroxyl groups is 1. The number of hydrogen-bond acceptors (Lipinski definition) is 4. The van der Waals surface area contributed by atoms with Crippen LogP contribution in [0.1, 0.15) is 27.7 Å². The largest absolute Gasteiger partial charge is 0.444 e. The van der Waals surface area contributed by atoms with Gasteiger partial charge in [0, 0.05) is 33.2 Å². The molecule has 0 radical (unpaired) electrons. The van der Waals surface area contributed by atoms with E-state index in [4.69, 9.17) is 4.74 Å². The van der Waals surface area contributed by atoms with E-state index in [1.54, 1.807) is 18.9 Å². The lowest BCUT2D eigenvalue weighted by Gasteiger charge is -2.37. The van der Waals surface area contributed by atoms with Gasteiger partial charge in [-0.1, -0.05) is 0 Å². The summed E-state index contributed by atoms with van der Waals surface area (Å²) in [4.78, 5) is 19.8. The third kappa shape index (κ3) is 5.24. The van der Waals surface area contributed by atoms with Gasteiger partial charge in [0.15, 0.2) is 5.96 Å². The van der Waals surface area contributed by atoms with Crippen LogP contribution in [0.15, 0.2) is 4.99 Å². The van der Waals surface area contributed by atoms with Crippen molar-refractivity contribution in [1.29, 1.82) is 0 Å². The Bertz CT molecular complexity index is 355. The van der Waals surface area contributed by atoms with Crippen molar-refractivity contribution in [2.24, 2.45) is 4.99 Å². The highest BCUT2D eigenvalue weighted by molar-refractivity contribution is 5.80. The van der Waals surface area contributed by atoms with Crippen LogP contribution in [0.2, 0.25) is 0 Å². The molecular formula is C13H26N4O3. The number of aliphatic imine (C=N–C) groups is 1. The van der Waals surface area contributed by atoms with Crippen LogP contribution in [0.25, 0.3) is 0 Å². The van der Waals surface area contributed by atoms with E-state index < -0.39 is 11.8 Å². The average molecular weight is 286 g/mol. The second-order valence-electron chi connectivity index (χ2n) is 5.82. The Kier molecular flexibility index (Phi) is 5.62. The number of nitrogens with one attached hydrogen (secondary N) is 1. The minimum Gasteiger partial charge on any atom is -0.444 e. The second-order valence-corrected chi connectivity index (χ2v) is 5.82. The molecule has 0 aromatic heterocycles. The van der Waals surface area contributed by atoms with Crippen molar-refractivity contribution in [2.45, 2.75) is 39.5 Å². The number of rotatable bonds is 1. The lowest BCUT2D eigenvalue weighted by molar-refractivity contribution is 0.0182. The Morgan fingerprint density at radius 3 is 2.15 bits per heavy atom. The minimum absolute atomic E-state index is 0.282. The van der Waals surface area contributed by atoms with Gasteiger partial charge in [-0.05, 0) is 27.7 Å². The molecule has 1 fully saturated rings. The van der Waals surface area contributed by atoms with Crippen LogP contribution in [-0.4, -0.2) is 72.0 Å². The fourth-order valence-electron chi connectivity index (χ4n) is 1.91. The number of carbonyl (C=O) groups is 1. The molecule has 0 aromatic rings. The van der Waals surface area contributed by atoms with Gasteiger partial charge in [0.2, 0.25) is 0 Å². The summed E-state index contributed by atoms with van der Waals surface area (Å²) in [5.74, 6) is 0.642. The van der Waals surface area contributed by atoms with Gasteiger partial charge in [-0.3, -0.25) is 4.99 Å². The summed E-state index contributed by atoms with van der Waals surface area (Å²) in [6.07, 6.45) is -0.937. The molecule has 7 nitrogen and oxygen atoms in total. The van der Waals surface area contributed by atoms with Gasteiger partial charge in [0.05, 0.1) is 0 Å². The lowest BCUT2D eigenvalue weighted by atomic mass is 10.2. The maximum Gasteiger partial charge on any atom is 0.410 e. The van der Waals surface area contributed by atoms with Crippen molar-refractivity contribution in [3.05, 3.63) is 0 Å². The maximum atomic E-state index is 11.9. The second kappa shape index (κ2) is 6.78. The number of amides is 1. The molecule has 20 heavy (non-hydrogen) atoms. The van der Waals surface area contributed by atoms with Crippen LogP contribution in [0.3, 0.4) is 0 Å². The molecule has 0 aliphatic carbocycles. The maximum absolute atomic E-state index is 11.9. The molecule has 2 N–H and O–H groups in total. The fourth-order valence-corrected chi connectivity index (χ4v) is 1.91. The van der Waals surface area contributed by atoms with Crippen molar-refractivity contribution >= 4 is 12.1 Å². The number of carbonyl (C=O) groups excluding carboxylic acids is 1. The monoisotopic (exact) mass is 286 g/mol. The summed E-state index contributed by atoms with van der Waals surface area (Å²) in [6, 6.07) is 0. The molecule has 1 aliphatic rings. The Morgan fingerprint density at radius 1 is 1.25 bits per heavy atom. The molecule has 1 amide bonds. The molecule has 0 aromatic carbocycles. The Labute approximate surface area is 120 Å². The fraction of sp³-hybridized carbons (Fsp3) is 0.846. The van der Waals surface area contributed by atoms with E-state index in [0.717, 1.165) is 0 Å². The number of ether oxygens (including phenoxy) is 1. The van der Waals surface area contributed by atoms with Gasteiger partial charge in [0.25, 0.3) is 0 Å². The van der Waals surface area contributed by atoms with Gasteiger partial charge < -0.3 is 25.0 Å². The Balaban J connectivity index is 2.49. The number of hydrogen-bond donors (Lipinski definition) is 2. The van der Waals surface area contributed by atoms with E-state index in [0.29, 0.717) is 32.1 Å². The highest BCUT2D eigenvalue weighted by Gasteiger charge is 2.27. The van der Waals surface area contributed by atoms with Crippen molar-refractivity contribution in [3.8, 4) is 0 Å². The van der Waals surface area contributed by atoms with Crippen LogP contribution in [0, 0.1) is 0 Å². The van der Waals surface area contributed by atoms with Crippen molar-refractivity contribution in [1.82, 2.24) is 15.1 Å². The van der Waals surface area contributed by atoms with E-state index in [1.807, 2.05) is 25.7 Å². The highest BCUT2D eigenvalue weighted by atomic mass is 16.6. The zero-order valence-electron chi connectivity index (χ0n) is 13.0. The zero-order chi connectivity index (χ0) is 15.3. The summed E-state index contributed by atoms with van der Waals surface area (Å²) in [5.41, 5.74) is -0.474. The summed E-state index contributed by atoms with van der Waals surface area (Å²) < 4.78 is 5.35. The molecular weight excluding hydrogens is 260 g/mol. The van der Waals surface area contributed by atoms with E-state index >= 15 is 0 Å². The predicted molar refractivity (Wildman–Crippen MR) is 77.6 cm³/mol. The van der Waals surface area contributed by atoms with Crippen LogP contribution in [0.4, 0.5) is 4.79 Å². The summed E-state index contributed by atoms with van der Waals surface area (Å²) >= 11 is 0. The standard InChI is InChI=1S/C13H26N4O3/c1-10(18)15-11(14-5)16-6-8-17(9-7-16)12(19)20-13(2,3)4/h10,18H,6-9H2,1-5H3,(H,14,15). The molecule has 7 heteroatoms. The average Bonchev–Trinajstić information content (AvgIpc) is 2.34. The number of piperazine rings is 1. The summed E-state index contributed by atoms with van der Waals surface area (Å²) in [7, 11) is 1.67. The van der Waals surface area contributed by atoms with Crippen LogP contribution < -0.4 is 5.32 Å². The van der Waals surface area contributed by atoms with E-state index in [1.165, 1.54) is 0 Å². The predicted octanol–water partition coefficient (Wildman–Crippen LogP) is 0.453. The van der Waals surface area contributed by atoms with E-state index in [9.17, 15) is 9.90 Å². The first kappa shape index (κ1) is 16.6. The van der Waals surface area contributed by atoms with Gasteiger partial charge in [-0.2, -0.15) is 0 Å². The molecule has 1 aliphatic heterocycles. The first-order chi connectivity index (χ1) is 9.23. The van der Waals surface area contributed by atoms with Crippen molar-refractivity contribution < 1.29 is 14.6 Å². The molecule has 1 heterocycles. The summed E-state index contributed by atoms with van der Waals surface area (Å²) in [5, 5.41) is 12.2. The first-order valence-corrected chi connectivity index (χ1v) is 6.87. The topological polar surface area (TPSA) is 77.4 Å². The van der Waals surface area contributed by atoms with Gasteiger partial charge in [0.1, 0.15) is 11.8 Å². The minimum atomic E-state index is -0.655. The third-order valence-corrected chi connectivity index (χ3v) is 2.78. The van der Waals surface area contributed by atoms with Gasteiger partial charge in [-0.15, -0.1) is 0 Å². The quantitative estimate of drug-likeness (QED) is 0.416. The molecule has 0 saturated carbocycles. The molecule has 116 valence electrons. The Morgan fingerprint density at radius 2 is 1.75 bits per heavy atom. The lowest BCUT2D eigenvalue weighted by Crippen LogP contribution is -2.55. The van der Waals surface area contributed by atoms with Crippen LogP contribution >= 0.6 is 0 Å². The normalized spacial score (nSPS) is 18.8. The molecule has 0 spiro atoms. The van der Waals surface area contributed by atoms with Gasteiger partial charge in [-0.25, -0.2) is 4.79 Å². The Hall–Kier alpha value is -1.50.